The molecule has 18 N–H and O–H groups in total. The number of aliphatic hydroxyl groups is 10. The summed E-state index contributed by atoms with van der Waals surface area (Å²) in [5, 5.41) is 104. The van der Waals surface area contributed by atoms with Gasteiger partial charge in [0.1, 0.15) is 88.8 Å². The van der Waals surface area contributed by atoms with Crippen LogP contribution in [0.2, 0.25) is 0 Å². The molecule has 0 aliphatic carbocycles. The van der Waals surface area contributed by atoms with Crippen LogP contribution in [0.5, 0.6) is 23.3 Å². The average Bonchev–Trinajstić information content (AvgIpc) is 1.57. The first-order valence-electron chi connectivity index (χ1n) is 41.5. The number of carbonyl (C=O) groups excluding carboxylic acids is 3. The number of esters is 2. The van der Waals surface area contributed by atoms with Crippen LogP contribution >= 0.6 is 20.0 Å². The van der Waals surface area contributed by atoms with E-state index in [0.717, 1.165) is 54.9 Å². The summed E-state index contributed by atoms with van der Waals surface area (Å²) in [7, 11) is -4.05. The second-order valence-corrected chi connectivity index (χ2v) is 34.6. The molecule has 3 aromatic carbocycles. The van der Waals surface area contributed by atoms with Gasteiger partial charge in [-0.25, -0.2) is 28.5 Å². The van der Waals surface area contributed by atoms with Crippen LogP contribution < -0.4 is 80.8 Å². The van der Waals surface area contributed by atoms with Crippen molar-refractivity contribution >= 4 is 38.1 Å². The lowest BCUT2D eigenvalue weighted by Crippen LogP contribution is -2.53. The van der Waals surface area contributed by atoms with Crippen molar-refractivity contribution in [2.24, 2.45) is 27.6 Å². The largest absolute Gasteiger partial charge is 0.519 e. The van der Waals surface area contributed by atoms with Crippen LogP contribution in [0, 0.1) is 5.92 Å². The molecular formula is C87H128ClN18O35P. The van der Waals surface area contributed by atoms with Gasteiger partial charge in [0.25, 0.3) is 27.8 Å². The maximum Gasteiger partial charge on any atom is 0.519 e. The summed E-state index contributed by atoms with van der Waals surface area (Å²) in [5.74, 6) is -0.644. The first-order chi connectivity index (χ1) is 64.0. The molecule has 0 amide bonds. The third-order valence-corrected chi connectivity index (χ3v) is 23.2. The van der Waals surface area contributed by atoms with Gasteiger partial charge in [-0.15, -0.1) is 12.4 Å². The van der Waals surface area contributed by atoms with Gasteiger partial charge in [0.2, 0.25) is 0 Å². The highest BCUT2D eigenvalue weighted by molar-refractivity contribution is 7.54. The van der Waals surface area contributed by atoms with E-state index in [9.17, 15) is 92.7 Å². The van der Waals surface area contributed by atoms with E-state index in [1.54, 1.807) is 125 Å². The van der Waals surface area contributed by atoms with Crippen LogP contribution in [0.4, 0.5) is 4.79 Å². The van der Waals surface area contributed by atoms with E-state index in [-0.39, 0.29) is 92.2 Å². The maximum absolute atomic E-state index is 13.8. The smallest absolute Gasteiger partial charge is 0.463 e. The molecule has 0 radical (unpaired) electrons. The number of fused-ring (bicyclic) bond motifs is 3. The molecule has 0 spiro atoms. The van der Waals surface area contributed by atoms with Crippen molar-refractivity contribution in [1.82, 2.24) is 47.8 Å². The summed E-state index contributed by atoms with van der Waals surface area (Å²) in [6.45, 7) is 15.1. The van der Waals surface area contributed by atoms with Gasteiger partial charge >= 0.3 is 54.5 Å². The Labute approximate surface area is 817 Å². The fourth-order valence-electron chi connectivity index (χ4n) is 14.0. The highest BCUT2D eigenvalue weighted by Gasteiger charge is 2.61. The highest BCUT2D eigenvalue weighted by Crippen LogP contribution is 2.52. The number of hydrogen-bond donors (Lipinski definition) is 16. The number of nitrogens with two attached hydrogens (primary N) is 2. The van der Waals surface area contributed by atoms with Gasteiger partial charge in [0.05, 0.1) is 75.1 Å². The molecule has 0 saturated carbocycles. The molecule has 53 nitrogen and oxygen atoms in total. The monoisotopic (exact) mass is 2050 g/mol. The second-order valence-electron chi connectivity index (χ2n) is 32.6. The van der Waals surface area contributed by atoms with Gasteiger partial charge in [-0.1, -0.05) is 109 Å². The number of nitrogens with zero attached hydrogens (tertiary/aromatic N) is 12. The van der Waals surface area contributed by atoms with Crippen LogP contribution in [-0.4, -0.2) is 263 Å². The summed E-state index contributed by atoms with van der Waals surface area (Å²) in [4.78, 5) is 155. The Balaban J connectivity index is 0.000000577. The Morgan fingerprint density at radius 2 is 0.817 bits per heavy atom. The van der Waals surface area contributed by atoms with E-state index in [0.29, 0.717) is 11.5 Å². The average molecular weight is 2050 g/mol. The third kappa shape index (κ3) is 30.8. The fraction of sp³-hybridized carbons (Fsp3) is 0.529. The van der Waals surface area contributed by atoms with Crippen LogP contribution in [0.25, 0.3) is 20.9 Å². The lowest BCUT2D eigenvalue weighted by Gasteiger charge is -2.28. The van der Waals surface area contributed by atoms with E-state index in [1.807, 2.05) is 22.1 Å². The van der Waals surface area contributed by atoms with Crippen molar-refractivity contribution < 1.29 is 126 Å². The summed E-state index contributed by atoms with van der Waals surface area (Å²) in [5.41, 5.74) is 15.8. The third-order valence-electron chi connectivity index (χ3n) is 21.1. The molecular weight excluding hydrogens is 1920 g/mol. The number of azide groups is 2. The maximum atomic E-state index is 13.8. The number of H-pyrrole nitrogens is 4. The molecule has 5 fully saturated rings. The fourth-order valence-corrected chi connectivity index (χ4v) is 15.9. The van der Waals surface area contributed by atoms with Crippen LogP contribution in [0.1, 0.15) is 144 Å². The summed E-state index contributed by atoms with van der Waals surface area (Å²) in [6, 6.07) is 31.1. The number of aromatic nitrogens is 10. The second kappa shape index (κ2) is 54.6. The van der Waals surface area contributed by atoms with Crippen LogP contribution in [0.15, 0.2) is 206 Å². The molecule has 5 saturated heterocycles. The number of nitrogens with one attached hydrogen (secondary N) is 4. The van der Waals surface area contributed by atoms with Gasteiger partial charge in [0, 0.05) is 71.1 Å². The van der Waals surface area contributed by atoms with E-state index in [1.165, 1.54) is 59.3 Å². The van der Waals surface area contributed by atoms with E-state index < -0.39 is 229 Å². The Hall–Kier alpha value is -12.5. The van der Waals surface area contributed by atoms with E-state index in [2.05, 4.69) is 35.0 Å². The number of halogens is 1. The number of aliphatic hydroxyl groups excluding tert-OH is 9. The van der Waals surface area contributed by atoms with E-state index in [4.69, 9.17) is 99.4 Å². The minimum Gasteiger partial charge on any atom is -0.463 e. The molecule has 11 heterocycles. The Morgan fingerprint density at radius 3 is 1.19 bits per heavy atom. The minimum atomic E-state index is -4.05. The molecule has 55 heteroatoms. The molecule has 6 aliphatic rings. The molecule has 14 rings (SSSR count). The minimum absolute atomic E-state index is 0. The summed E-state index contributed by atoms with van der Waals surface area (Å²) in [6.07, 6.45) is -11.6. The summed E-state index contributed by atoms with van der Waals surface area (Å²) < 4.78 is 83.4. The topological polar surface area (TPSA) is 785 Å². The number of aromatic amines is 4. The zero-order valence-electron chi connectivity index (χ0n) is 75.2. The quantitative estimate of drug-likeness (QED) is 0.0109. The van der Waals surface area contributed by atoms with Crippen LogP contribution in [0.3, 0.4) is 0 Å². The molecule has 788 valence electrons. The number of carbonyl (C=O) groups is 3. The molecule has 5 aromatic heterocycles. The Kier molecular flexibility index (Phi) is 48.3. The number of ether oxygens (including phenoxy) is 10. The number of para-hydroxylation sites is 3. The SMILES string of the molecule is C.C.C.C.C.CC(C)OC(=O)[C@H](C)CP(=O)(OC[C@H]1O[C@@H](n2ccc(=O)[nH]c2=O)[C@](C)(N=[N+]=[N-])[C@@H]1O)Oc1ccccc1.CC(C)OC(=O)[C@H](C)N.C[C@@]1(N)[C@H](O)[C@@H](CO)O[C@H]1n1ccc(=O)[nH]c1=O.C[C@@]1(N=[N+]=[N-])[C@H](O)[C@@H](CO)O[C@H]1n1ccc(=O)[nH]c1=O.C[C@@]1(O)[C@H](O)[C@@H](CO)O[C@H]1n1ccc(=O)[nH]c1=O.C[C@@]12Oc3nc(=O)ccn3[C@@H]1O[C@H](CO)[C@H]2O.Cl.O=C(Oc1ccccc1)Oc1ccccc1. The summed E-state index contributed by atoms with van der Waals surface area (Å²) >= 11 is 0. The predicted octanol–water partition coefficient (Wildman–Crippen LogP) is 2.44. The zero-order valence-corrected chi connectivity index (χ0v) is 76.9. The Bertz CT molecular complexity index is 5970. The van der Waals surface area contributed by atoms with Crippen molar-refractivity contribution in [3.05, 3.63) is 267 Å². The molecule has 142 heavy (non-hydrogen) atoms. The molecule has 6 aliphatic heterocycles. The molecule has 8 aromatic rings. The Morgan fingerprint density at radius 1 is 0.479 bits per heavy atom. The van der Waals surface area contributed by atoms with Gasteiger partial charge in [0.15, 0.2) is 36.7 Å². The lowest BCUT2D eigenvalue weighted by atomic mass is 9.93. The zero-order chi connectivity index (χ0) is 101. The van der Waals surface area contributed by atoms with Gasteiger partial charge in [-0.05, 0) is 117 Å². The number of benzene rings is 3. The van der Waals surface area contributed by atoms with Crippen molar-refractivity contribution in [2.45, 2.75) is 252 Å². The first-order valence-corrected chi connectivity index (χ1v) is 43.2. The standard InChI is InChI=1S/C23H30N5O9P.C13H10O3.C10H13N5O5.C10H15N3O5.C10H14N2O6.C10H12N2O5.C6H13NO2.5CH4.ClH/c1-14(2)35-20(31)15(3)13-38(33,37-16-8-6-5-7-9-16)34-12-17-19(30)23(4,26-27-24)21(36-17)28-11-10-18(29)25-22(28)32;14-13(15-11-7-3-1-4-8-11)16-12-9-5-2-6-10-12;1-10(13-14-11)7(18)5(4-16)20-8(10)15-3-2-6(17)12-9(15)19;1-10(11)7(16)5(4-14)18-8(10)13-3-2-6(15)12-9(13)17;1-10(17)7(15)5(4-13)18-8(10)12-3-2-6(14)11-9(12)16;1-10-7(15)5(4-13)16-8(10)12-3-2-6(14)11-9(12)17-10;1-4(2)9-6(8)5(3)7;;;;;;/h5-11,14-15,17,19,21,30H,12-13H2,1-4H3,(H,25,29,32);1-10H;2-3,5,7-8,16,18H,4H2,1H3,(H,12,17,19);2-3,5,7-8,14,16H,4,11H2,1H3,(H,12,15,17);2-3,5,7-8,13,15,17H,4H2,1H3,(H,11,14,16);2-3,5,7-8,13,15H,4H2,1H3;4-5H,7H2,1-3H3;5*1H4;1H/t15-,17-,19-,21-,23-,38?;;3*5-,7-,8-,10-;5-,7-,8-,10+;5-;;;;;;/m1.11110....../s1. The first kappa shape index (κ1) is 126. The van der Waals surface area contributed by atoms with Gasteiger partial charge in [-0.3, -0.25) is 80.9 Å². The van der Waals surface area contributed by atoms with Gasteiger partial charge < -0.3 is 114 Å². The molecule has 0 bridgehead atoms. The molecule has 23 atom stereocenters. The normalized spacial score (nSPS) is 27.0. The van der Waals surface area contributed by atoms with Crippen molar-refractivity contribution in [3.8, 4) is 23.3 Å². The molecule has 1 unspecified atom stereocenters. The highest BCUT2D eigenvalue weighted by atomic mass is 35.5. The van der Waals surface area contributed by atoms with Crippen molar-refractivity contribution in [2.75, 3.05) is 39.2 Å². The number of hydrogen-bond acceptors (Lipinski definition) is 40. The lowest BCUT2D eigenvalue weighted by molar-refractivity contribution is -0.151. The van der Waals surface area contributed by atoms with Gasteiger partial charge in [-0.2, -0.15) is 4.98 Å². The van der Waals surface area contributed by atoms with E-state index >= 15 is 0 Å². The van der Waals surface area contributed by atoms with Crippen molar-refractivity contribution in [1.29, 1.82) is 0 Å². The van der Waals surface area contributed by atoms with Crippen LogP contribution in [-0.2, 0) is 51.8 Å². The number of rotatable bonds is 23. The predicted molar refractivity (Wildman–Crippen MR) is 510 cm³/mol. The van der Waals surface area contributed by atoms with Crippen molar-refractivity contribution in [3.63, 3.8) is 0 Å².